The van der Waals surface area contributed by atoms with Crippen molar-refractivity contribution in [2.24, 2.45) is 0 Å². The molecule has 166 valence electrons. The van der Waals surface area contributed by atoms with Crippen LogP contribution in [0.2, 0.25) is 5.02 Å². The number of nitro benzene ring substituents is 1. The van der Waals surface area contributed by atoms with Crippen LogP contribution in [0.1, 0.15) is 21.5 Å². The van der Waals surface area contributed by atoms with Gasteiger partial charge in [-0.1, -0.05) is 23.7 Å². The van der Waals surface area contributed by atoms with E-state index in [2.05, 4.69) is 0 Å². The highest BCUT2D eigenvalue weighted by Crippen LogP contribution is 2.32. The molecule has 1 aromatic heterocycles. The number of carbonyl (C=O) groups is 1. The third kappa shape index (κ3) is 4.49. The van der Waals surface area contributed by atoms with E-state index in [1.807, 2.05) is 13.8 Å². The molecule has 0 N–H and O–H groups in total. The lowest BCUT2D eigenvalue weighted by Gasteiger charge is -2.12. The molecule has 0 fully saturated rings. The van der Waals surface area contributed by atoms with Gasteiger partial charge < -0.3 is 9.15 Å². The second-order valence-electron chi connectivity index (χ2n) is 7.55. The average Bonchev–Trinajstić information content (AvgIpc) is 2.80. The van der Waals surface area contributed by atoms with Crippen LogP contribution in [-0.4, -0.2) is 17.3 Å². The van der Waals surface area contributed by atoms with Gasteiger partial charge in [0, 0.05) is 28.3 Å². The Labute approximate surface area is 193 Å². The van der Waals surface area contributed by atoms with E-state index in [1.54, 1.807) is 36.4 Å². The molecule has 8 heteroatoms. The highest BCUT2D eigenvalue weighted by molar-refractivity contribution is 6.30. The summed E-state index contributed by atoms with van der Waals surface area (Å²) in [4.78, 5) is 36.4. The number of fused-ring (bicyclic) bond motifs is 1. The van der Waals surface area contributed by atoms with Crippen molar-refractivity contribution in [3.05, 3.63) is 103 Å². The van der Waals surface area contributed by atoms with E-state index in [0.717, 1.165) is 11.1 Å². The van der Waals surface area contributed by atoms with Gasteiger partial charge in [0.05, 0.1) is 10.3 Å². The van der Waals surface area contributed by atoms with Gasteiger partial charge in [0.2, 0.25) is 11.2 Å². The first kappa shape index (κ1) is 22.2. The Morgan fingerprint density at radius 2 is 1.76 bits per heavy atom. The average molecular weight is 464 g/mol. The number of nitrogens with zero attached hydrogens (tertiary/aromatic N) is 1. The number of hydrogen-bond donors (Lipinski definition) is 0. The summed E-state index contributed by atoms with van der Waals surface area (Å²) in [6.07, 6.45) is 0. The lowest BCUT2D eigenvalue weighted by molar-refractivity contribution is -0.384. The summed E-state index contributed by atoms with van der Waals surface area (Å²) in [5.74, 6) is -0.466. The molecule has 33 heavy (non-hydrogen) atoms. The lowest BCUT2D eigenvalue weighted by atomic mass is 10.0. The number of rotatable bonds is 6. The molecule has 0 atom stereocenters. The Morgan fingerprint density at radius 3 is 2.45 bits per heavy atom. The van der Waals surface area contributed by atoms with E-state index in [1.165, 1.54) is 24.3 Å². The minimum absolute atomic E-state index is 0.105. The van der Waals surface area contributed by atoms with Gasteiger partial charge in [-0.2, -0.15) is 0 Å². The molecule has 0 amide bonds. The minimum atomic E-state index is -0.585. The first-order valence-corrected chi connectivity index (χ1v) is 10.4. The van der Waals surface area contributed by atoms with E-state index in [4.69, 9.17) is 20.8 Å². The van der Waals surface area contributed by atoms with Gasteiger partial charge in [-0.15, -0.1) is 0 Å². The number of ketones is 1. The summed E-state index contributed by atoms with van der Waals surface area (Å²) in [6, 6.07) is 15.5. The Morgan fingerprint density at radius 1 is 1.06 bits per heavy atom. The van der Waals surface area contributed by atoms with Gasteiger partial charge in [-0.25, -0.2) is 0 Å². The number of hydrogen-bond acceptors (Lipinski definition) is 6. The molecule has 0 aliphatic heterocycles. The van der Waals surface area contributed by atoms with Gasteiger partial charge in [-0.3, -0.25) is 19.7 Å². The number of halogens is 1. The van der Waals surface area contributed by atoms with Crippen molar-refractivity contribution in [1.82, 2.24) is 0 Å². The van der Waals surface area contributed by atoms with E-state index >= 15 is 0 Å². The van der Waals surface area contributed by atoms with Crippen LogP contribution in [0.5, 0.6) is 5.75 Å². The van der Waals surface area contributed by atoms with Gasteiger partial charge in [0.15, 0.2) is 18.2 Å². The van der Waals surface area contributed by atoms with Crippen molar-refractivity contribution >= 4 is 34.0 Å². The highest BCUT2D eigenvalue weighted by Gasteiger charge is 2.20. The predicted octanol–water partition coefficient (Wildman–Crippen LogP) is 5.90. The van der Waals surface area contributed by atoms with Crippen molar-refractivity contribution in [2.45, 2.75) is 13.8 Å². The predicted molar refractivity (Wildman–Crippen MR) is 125 cm³/mol. The van der Waals surface area contributed by atoms with Crippen LogP contribution >= 0.6 is 11.6 Å². The zero-order chi connectivity index (χ0) is 23.7. The van der Waals surface area contributed by atoms with Crippen LogP contribution < -0.4 is 10.2 Å². The third-order valence-electron chi connectivity index (χ3n) is 5.30. The minimum Gasteiger partial charge on any atom is -0.478 e. The number of aryl methyl sites for hydroxylation is 2. The van der Waals surface area contributed by atoms with Crippen LogP contribution in [0.3, 0.4) is 0 Å². The fourth-order valence-electron chi connectivity index (χ4n) is 3.37. The number of ether oxygens (including phenoxy) is 1. The molecule has 0 unspecified atom stereocenters. The van der Waals surface area contributed by atoms with Crippen LogP contribution in [0.25, 0.3) is 22.3 Å². The maximum Gasteiger partial charge on any atom is 0.270 e. The summed E-state index contributed by atoms with van der Waals surface area (Å²) < 4.78 is 11.7. The summed E-state index contributed by atoms with van der Waals surface area (Å²) in [5, 5.41) is 11.8. The molecule has 0 saturated heterocycles. The molecule has 0 bridgehead atoms. The Kier molecular flexibility index (Phi) is 5.98. The van der Waals surface area contributed by atoms with Crippen molar-refractivity contribution in [3.63, 3.8) is 0 Å². The van der Waals surface area contributed by atoms with E-state index in [0.29, 0.717) is 21.6 Å². The fourth-order valence-corrected chi connectivity index (χ4v) is 3.50. The Balaban J connectivity index is 1.78. The number of Topliss-reactive ketones (excluding diaryl/α,β-unsaturated/α-hetero) is 1. The SMILES string of the molecule is Cc1cc2oc(-c3ccc(Cl)cc3)c(OCC(=O)c3cccc([N+](=O)[O-])c3)c(=O)c2cc1C. The fraction of sp³-hybridized carbons (Fsp3) is 0.120. The molecule has 0 aliphatic rings. The number of nitro groups is 1. The molecule has 3 aromatic carbocycles. The first-order chi connectivity index (χ1) is 15.7. The van der Waals surface area contributed by atoms with E-state index in [9.17, 15) is 19.7 Å². The standard InChI is InChI=1S/C25H18ClNO6/c1-14-10-20-22(11-15(14)2)33-24(16-6-8-18(26)9-7-16)25(23(20)29)32-13-21(28)17-4-3-5-19(12-17)27(30)31/h3-12H,13H2,1-2H3. The molecular formula is C25H18ClNO6. The lowest BCUT2D eigenvalue weighted by Crippen LogP contribution is -2.17. The van der Waals surface area contributed by atoms with Crippen LogP contribution in [-0.2, 0) is 0 Å². The molecule has 0 spiro atoms. The van der Waals surface area contributed by atoms with E-state index < -0.39 is 22.7 Å². The van der Waals surface area contributed by atoms with Crippen molar-refractivity contribution < 1.29 is 18.9 Å². The Hall–Kier alpha value is -3.97. The smallest absolute Gasteiger partial charge is 0.270 e. The third-order valence-corrected chi connectivity index (χ3v) is 5.55. The molecule has 4 aromatic rings. The summed E-state index contributed by atoms with van der Waals surface area (Å²) in [7, 11) is 0. The van der Waals surface area contributed by atoms with Gasteiger partial charge in [0.1, 0.15) is 5.58 Å². The van der Waals surface area contributed by atoms with Crippen molar-refractivity contribution in [2.75, 3.05) is 6.61 Å². The van der Waals surface area contributed by atoms with Crippen LogP contribution in [0, 0.1) is 24.0 Å². The zero-order valence-corrected chi connectivity index (χ0v) is 18.5. The highest BCUT2D eigenvalue weighted by atomic mass is 35.5. The molecule has 0 saturated carbocycles. The molecule has 7 nitrogen and oxygen atoms in total. The molecule has 4 rings (SSSR count). The number of carbonyl (C=O) groups excluding carboxylic acids is 1. The maximum atomic E-state index is 13.3. The summed E-state index contributed by atoms with van der Waals surface area (Å²) >= 11 is 5.99. The van der Waals surface area contributed by atoms with Crippen molar-refractivity contribution in [1.29, 1.82) is 0 Å². The number of non-ortho nitro benzene ring substituents is 1. The largest absolute Gasteiger partial charge is 0.478 e. The van der Waals surface area contributed by atoms with E-state index in [-0.39, 0.29) is 22.8 Å². The maximum absolute atomic E-state index is 13.3. The molecule has 0 aliphatic carbocycles. The van der Waals surface area contributed by atoms with Crippen LogP contribution in [0.15, 0.2) is 69.9 Å². The quantitative estimate of drug-likeness (QED) is 0.200. The van der Waals surface area contributed by atoms with Crippen molar-refractivity contribution in [3.8, 4) is 17.1 Å². The summed E-state index contributed by atoms with van der Waals surface area (Å²) in [5.41, 5.74) is 2.29. The Bertz CT molecular complexity index is 1460. The van der Waals surface area contributed by atoms with Crippen LogP contribution in [0.4, 0.5) is 5.69 Å². The zero-order valence-electron chi connectivity index (χ0n) is 17.8. The topological polar surface area (TPSA) is 99.7 Å². The first-order valence-electron chi connectivity index (χ1n) is 9.99. The summed E-state index contributed by atoms with van der Waals surface area (Å²) in [6.45, 7) is 3.30. The monoisotopic (exact) mass is 463 g/mol. The second-order valence-corrected chi connectivity index (χ2v) is 7.98. The molecular weight excluding hydrogens is 446 g/mol. The number of benzene rings is 3. The second kappa shape index (κ2) is 8.88. The molecule has 1 heterocycles. The van der Waals surface area contributed by atoms with Gasteiger partial charge in [0.25, 0.3) is 5.69 Å². The normalized spacial score (nSPS) is 10.9. The van der Waals surface area contributed by atoms with Gasteiger partial charge >= 0.3 is 0 Å². The van der Waals surface area contributed by atoms with Gasteiger partial charge in [-0.05, 0) is 61.4 Å². The molecule has 0 radical (unpaired) electrons.